The summed E-state index contributed by atoms with van der Waals surface area (Å²) >= 11 is 3.53. The van der Waals surface area contributed by atoms with Crippen molar-refractivity contribution < 1.29 is 9.13 Å². The van der Waals surface area contributed by atoms with Crippen LogP contribution in [0.1, 0.15) is 29.7 Å². The fourth-order valence-corrected chi connectivity index (χ4v) is 3.08. The minimum atomic E-state index is -0.312. The number of hydrogen-bond acceptors (Lipinski definition) is 3. The van der Waals surface area contributed by atoms with Crippen LogP contribution in [0.3, 0.4) is 0 Å². The maximum atomic E-state index is 13.2. The van der Waals surface area contributed by atoms with Crippen LogP contribution < -0.4 is 10.1 Å². The highest BCUT2D eigenvalue weighted by molar-refractivity contribution is 9.10. The third-order valence-corrected chi connectivity index (χ3v) is 4.11. The topological polar surface area (TPSA) is 34.1 Å². The summed E-state index contributed by atoms with van der Waals surface area (Å²) < 4.78 is 20.0. The Kier molecular flexibility index (Phi) is 4.22. The number of ether oxygens (including phenoxy) is 1. The number of benzene rings is 1. The van der Waals surface area contributed by atoms with Crippen LogP contribution in [-0.4, -0.2) is 11.6 Å². The van der Waals surface area contributed by atoms with E-state index in [2.05, 4.69) is 38.4 Å². The van der Waals surface area contributed by atoms with Gasteiger partial charge in [0.2, 0.25) is 0 Å². The van der Waals surface area contributed by atoms with Crippen molar-refractivity contribution in [1.29, 1.82) is 0 Å². The number of halogens is 2. The minimum Gasteiger partial charge on any atom is -0.493 e. The van der Waals surface area contributed by atoms with Gasteiger partial charge in [-0.15, -0.1) is 0 Å². The van der Waals surface area contributed by atoms with Crippen molar-refractivity contribution >= 4 is 15.9 Å². The Labute approximate surface area is 131 Å². The molecule has 21 heavy (non-hydrogen) atoms. The van der Waals surface area contributed by atoms with Gasteiger partial charge in [-0.25, -0.2) is 4.39 Å². The number of nitrogens with zero attached hydrogens (tertiary/aromatic N) is 1. The molecule has 2 aromatic rings. The first-order chi connectivity index (χ1) is 10.1. The zero-order chi connectivity index (χ0) is 14.8. The molecule has 1 unspecified atom stereocenters. The second-order valence-electron chi connectivity index (χ2n) is 5.19. The lowest BCUT2D eigenvalue weighted by atomic mass is 10.1. The molecule has 0 saturated heterocycles. The van der Waals surface area contributed by atoms with Crippen molar-refractivity contribution in [2.24, 2.45) is 0 Å². The largest absolute Gasteiger partial charge is 0.493 e. The van der Waals surface area contributed by atoms with Crippen molar-refractivity contribution in [3.63, 3.8) is 0 Å². The molecule has 2 heterocycles. The molecule has 0 spiro atoms. The number of aromatic nitrogens is 1. The Morgan fingerprint density at radius 2 is 2.24 bits per heavy atom. The summed E-state index contributed by atoms with van der Waals surface area (Å²) in [5, 5.41) is 3.39. The maximum absolute atomic E-state index is 13.2. The number of rotatable bonds is 4. The van der Waals surface area contributed by atoms with Crippen molar-refractivity contribution in [3.8, 4) is 5.75 Å². The fraction of sp³-hybridized carbons (Fsp3) is 0.312. The first kappa shape index (κ1) is 14.5. The van der Waals surface area contributed by atoms with E-state index >= 15 is 0 Å². The summed E-state index contributed by atoms with van der Waals surface area (Å²) in [6.07, 6.45) is 3.85. The second-order valence-corrected chi connectivity index (χ2v) is 6.11. The fourth-order valence-electron chi connectivity index (χ4n) is 2.52. The van der Waals surface area contributed by atoms with E-state index in [1.807, 2.05) is 6.92 Å². The summed E-state index contributed by atoms with van der Waals surface area (Å²) in [6, 6.07) is 5.69. The van der Waals surface area contributed by atoms with E-state index in [0.717, 1.165) is 34.4 Å². The molecule has 0 radical (unpaired) electrons. The standard InChI is InChI=1S/C16H16BrFN2O/c1-10(12-6-15(18)9-19-7-12)20-8-13-5-14(17)4-11-2-3-21-16(11)13/h4-7,9-10,20H,2-3,8H2,1H3. The van der Waals surface area contributed by atoms with Crippen LogP contribution in [0.4, 0.5) is 4.39 Å². The highest BCUT2D eigenvalue weighted by Gasteiger charge is 2.18. The van der Waals surface area contributed by atoms with E-state index < -0.39 is 0 Å². The van der Waals surface area contributed by atoms with Crippen LogP contribution in [0.2, 0.25) is 0 Å². The van der Waals surface area contributed by atoms with Crippen molar-refractivity contribution in [1.82, 2.24) is 10.3 Å². The van der Waals surface area contributed by atoms with E-state index in [0.29, 0.717) is 6.54 Å². The van der Waals surface area contributed by atoms with Crippen molar-refractivity contribution in [2.45, 2.75) is 25.9 Å². The van der Waals surface area contributed by atoms with Crippen molar-refractivity contribution in [3.05, 3.63) is 57.6 Å². The van der Waals surface area contributed by atoms with E-state index in [4.69, 9.17) is 4.74 Å². The summed E-state index contributed by atoms with van der Waals surface area (Å²) in [7, 11) is 0. The van der Waals surface area contributed by atoms with Crippen LogP contribution in [0, 0.1) is 5.82 Å². The third kappa shape index (κ3) is 3.24. The van der Waals surface area contributed by atoms with E-state index in [1.54, 1.807) is 6.20 Å². The van der Waals surface area contributed by atoms with Gasteiger partial charge >= 0.3 is 0 Å². The Bertz CT molecular complexity index is 663. The van der Waals surface area contributed by atoms with Gasteiger partial charge in [0.05, 0.1) is 12.8 Å². The summed E-state index contributed by atoms with van der Waals surface area (Å²) in [5.74, 6) is 0.670. The smallest absolute Gasteiger partial charge is 0.141 e. The SMILES string of the molecule is CC(NCc1cc(Br)cc2c1OCC2)c1cncc(F)c1. The molecule has 0 bridgehead atoms. The zero-order valence-corrected chi connectivity index (χ0v) is 13.3. The molecule has 1 aliphatic heterocycles. The molecule has 0 fully saturated rings. The molecule has 1 N–H and O–H groups in total. The Balaban J connectivity index is 1.73. The summed E-state index contributed by atoms with van der Waals surface area (Å²) in [4.78, 5) is 3.89. The Morgan fingerprint density at radius 1 is 1.38 bits per heavy atom. The molecular formula is C16H16BrFN2O. The first-order valence-electron chi connectivity index (χ1n) is 6.91. The average molecular weight is 351 g/mol. The molecule has 0 saturated carbocycles. The molecule has 3 rings (SSSR count). The molecule has 0 amide bonds. The monoisotopic (exact) mass is 350 g/mol. The molecule has 110 valence electrons. The molecule has 1 aromatic heterocycles. The summed E-state index contributed by atoms with van der Waals surface area (Å²) in [6.45, 7) is 3.40. The van der Waals surface area contributed by atoms with Crippen LogP contribution >= 0.6 is 15.9 Å². The Hall–Kier alpha value is -1.46. The predicted molar refractivity (Wildman–Crippen MR) is 82.8 cm³/mol. The third-order valence-electron chi connectivity index (χ3n) is 3.65. The van der Waals surface area contributed by atoms with Gasteiger partial charge in [0.1, 0.15) is 11.6 Å². The number of fused-ring (bicyclic) bond motifs is 1. The van der Waals surface area contributed by atoms with Crippen molar-refractivity contribution in [2.75, 3.05) is 6.61 Å². The van der Waals surface area contributed by atoms with Gasteiger partial charge in [-0.3, -0.25) is 4.98 Å². The number of pyridine rings is 1. The van der Waals surface area contributed by atoms with Gasteiger partial charge in [0.25, 0.3) is 0 Å². The van der Waals surface area contributed by atoms with Crippen LogP contribution in [0.5, 0.6) is 5.75 Å². The lowest BCUT2D eigenvalue weighted by Crippen LogP contribution is -2.18. The number of hydrogen-bond donors (Lipinski definition) is 1. The molecular weight excluding hydrogens is 335 g/mol. The number of nitrogens with one attached hydrogen (secondary N) is 1. The molecule has 0 aliphatic carbocycles. The molecule has 1 aromatic carbocycles. The quantitative estimate of drug-likeness (QED) is 0.911. The van der Waals surface area contributed by atoms with E-state index in [1.165, 1.54) is 17.8 Å². The second kappa shape index (κ2) is 6.12. The van der Waals surface area contributed by atoms with E-state index in [9.17, 15) is 4.39 Å². The highest BCUT2D eigenvalue weighted by atomic mass is 79.9. The normalized spacial score (nSPS) is 14.6. The average Bonchev–Trinajstić information content (AvgIpc) is 2.92. The highest BCUT2D eigenvalue weighted by Crippen LogP contribution is 2.33. The van der Waals surface area contributed by atoms with Gasteiger partial charge in [0, 0.05) is 35.2 Å². The van der Waals surface area contributed by atoms with Gasteiger partial charge in [-0.1, -0.05) is 15.9 Å². The first-order valence-corrected chi connectivity index (χ1v) is 7.70. The minimum absolute atomic E-state index is 0.0178. The molecule has 1 atom stereocenters. The van der Waals surface area contributed by atoms with Gasteiger partial charge in [-0.2, -0.15) is 0 Å². The lowest BCUT2D eigenvalue weighted by Gasteiger charge is -2.16. The van der Waals surface area contributed by atoms with Gasteiger partial charge < -0.3 is 10.1 Å². The Morgan fingerprint density at radius 3 is 3.05 bits per heavy atom. The van der Waals surface area contributed by atoms with Crippen LogP contribution in [-0.2, 0) is 13.0 Å². The zero-order valence-electron chi connectivity index (χ0n) is 11.7. The van der Waals surface area contributed by atoms with E-state index in [-0.39, 0.29) is 11.9 Å². The summed E-state index contributed by atoms with van der Waals surface area (Å²) in [5.41, 5.74) is 3.19. The predicted octanol–water partition coefficient (Wildman–Crippen LogP) is 3.77. The van der Waals surface area contributed by atoms with Crippen LogP contribution in [0.25, 0.3) is 0 Å². The molecule has 1 aliphatic rings. The maximum Gasteiger partial charge on any atom is 0.141 e. The molecule has 5 heteroatoms. The van der Waals surface area contributed by atoms with Gasteiger partial charge in [-0.05, 0) is 36.2 Å². The van der Waals surface area contributed by atoms with Gasteiger partial charge in [0.15, 0.2) is 0 Å². The lowest BCUT2D eigenvalue weighted by molar-refractivity contribution is 0.351. The van der Waals surface area contributed by atoms with Crippen LogP contribution in [0.15, 0.2) is 35.1 Å². The molecule has 3 nitrogen and oxygen atoms in total.